The number of carbonyl (C=O) groups excluding carboxylic acids is 1. The Morgan fingerprint density at radius 1 is 1.07 bits per heavy atom. The summed E-state index contributed by atoms with van der Waals surface area (Å²) in [5.74, 6) is 0.347. The van der Waals surface area contributed by atoms with Gasteiger partial charge in [-0.25, -0.2) is 8.42 Å². The number of nitrogens with one attached hydrogen (secondary N) is 1. The van der Waals surface area contributed by atoms with E-state index in [-0.39, 0.29) is 4.90 Å². The molecule has 28 heavy (non-hydrogen) atoms. The van der Waals surface area contributed by atoms with Crippen LogP contribution in [0.2, 0.25) is 0 Å². The molecule has 1 aliphatic heterocycles. The fourth-order valence-corrected chi connectivity index (χ4v) is 5.06. The quantitative estimate of drug-likeness (QED) is 0.800. The van der Waals surface area contributed by atoms with Crippen LogP contribution in [-0.4, -0.2) is 45.9 Å². The van der Waals surface area contributed by atoms with Gasteiger partial charge in [-0.15, -0.1) is 0 Å². The topological polar surface area (TPSA) is 84.9 Å². The Morgan fingerprint density at radius 2 is 1.79 bits per heavy atom. The van der Waals surface area contributed by atoms with E-state index >= 15 is 0 Å². The molecule has 8 heteroatoms. The average molecular weight is 404 g/mol. The number of anilines is 1. The number of ether oxygens (including phenoxy) is 2. The van der Waals surface area contributed by atoms with Crippen LogP contribution in [-0.2, 0) is 10.0 Å². The van der Waals surface area contributed by atoms with Gasteiger partial charge in [0.2, 0.25) is 10.0 Å². The Labute approximate surface area is 165 Å². The molecule has 1 fully saturated rings. The van der Waals surface area contributed by atoms with Crippen LogP contribution in [0.5, 0.6) is 11.5 Å². The number of benzene rings is 2. The van der Waals surface area contributed by atoms with E-state index in [0.717, 1.165) is 12.8 Å². The number of para-hydroxylation sites is 1. The summed E-state index contributed by atoms with van der Waals surface area (Å²) in [4.78, 5) is 13.0. The molecular weight excluding hydrogens is 380 g/mol. The van der Waals surface area contributed by atoms with Gasteiger partial charge in [-0.1, -0.05) is 12.1 Å². The number of sulfonamides is 1. The van der Waals surface area contributed by atoms with Crippen LogP contribution in [0.25, 0.3) is 0 Å². The van der Waals surface area contributed by atoms with Gasteiger partial charge < -0.3 is 14.8 Å². The van der Waals surface area contributed by atoms with E-state index in [9.17, 15) is 13.2 Å². The van der Waals surface area contributed by atoms with Gasteiger partial charge in [0.25, 0.3) is 5.91 Å². The van der Waals surface area contributed by atoms with Gasteiger partial charge in [-0.3, -0.25) is 4.79 Å². The number of hydrogen-bond donors (Lipinski definition) is 1. The Kier molecular flexibility index (Phi) is 5.90. The second kappa shape index (κ2) is 8.20. The second-order valence-electron chi connectivity index (χ2n) is 6.59. The van der Waals surface area contributed by atoms with E-state index in [0.29, 0.717) is 41.4 Å². The zero-order chi connectivity index (χ0) is 20.3. The third-order valence-electron chi connectivity index (χ3n) is 4.78. The molecule has 0 spiro atoms. The fraction of sp³-hybridized carbons (Fsp3) is 0.350. The smallest absolute Gasteiger partial charge is 0.259 e. The number of aryl methyl sites for hydroxylation is 1. The van der Waals surface area contributed by atoms with Crippen LogP contribution in [0.4, 0.5) is 5.69 Å². The first-order valence-electron chi connectivity index (χ1n) is 9.01. The summed E-state index contributed by atoms with van der Waals surface area (Å²) >= 11 is 0. The molecule has 0 saturated carbocycles. The molecule has 0 aromatic heterocycles. The average Bonchev–Trinajstić information content (AvgIpc) is 3.24. The lowest BCUT2D eigenvalue weighted by atomic mass is 10.1. The maximum atomic E-state index is 12.9. The van der Waals surface area contributed by atoms with E-state index in [1.807, 2.05) is 0 Å². The Morgan fingerprint density at radius 3 is 2.43 bits per heavy atom. The van der Waals surface area contributed by atoms with E-state index in [1.165, 1.54) is 24.6 Å². The van der Waals surface area contributed by atoms with Crippen LogP contribution in [0.1, 0.15) is 28.8 Å². The molecule has 3 rings (SSSR count). The van der Waals surface area contributed by atoms with Gasteiger partial charge in [0.1, 0.15) is 0 Å². The van der Waals surface area contributed by atoms with E-state index in [1.54, 1.807) is 37.3 Å². The van der Waals surface area contributed by atoms with Crippen molar-refractivity contribution in [3.8, 4) is 11.5 Å². The molecule has 150 valence electrons. The zero-order valence-corrected chi connectivity index (χ0v) is 17.0. The summed E-state index contributed by atoms with van der Waals surface area (Å²) in [7, 11) is -0.624. The fourth-order valence-electron chi connectivity index (χ4n) is 3.29. The van der Waals surface area contributed by atoms with Crippen LogP contribution in [0, 0.1) is 6.92 Å². The van der Waals surface area contributed by atoms with Gasteiger partial charge in [-0.2, -0.15) is 4.31 Å². The van der Waals surface area contributed by atoms with Crippen molar-refractivity contribution >= 4 is 21.6 Å². The summed E-state index contributed by atoms with van der Waals surface area (Å²) in [5.41, 5.74) is 1.34. The third kappa shape index (κ3) is 3.83. The molecule has 0 atom stereocenters. The predicted molar refractivity (Wildman–Crippen MR) is 107 cm³/mol. The normalized spacial score (nSPS) is 14.7. The minimum atomic E-state index is -3.58. The van der Waals surface area contributed by atoms with Gasteiger partial charge in [0, 0.05) is 18.8 Å². The lowest BCUT2D eigenvalue weighted by molar-refractivity contribution is 0.102. The van der Waals surface area contributed by atoms with Gasteiger partial charge >= 0.3 is 0 Å². The first kappa shape index (κ1) is 20.2. The number of amides is 1. The molecule has 1 amide bonds. The number of nitrogens with zero attached hydrogens (tertiary/aromatic N) is 1. The standard InChI is InChI=1S/C20H24N2O5S/c1-14-9-10-15(13-18(14)28(24,25)22-11-4-5-12-22)21-20(23)16-7-6-8-17(26-2)19(16)27-3/h6-10,13H,4-5,11-12H2,1-3H3,(H,21,23). The second-order valence-corrected chi connectivity index (χ2v) is 8.49. The third-order valence-corrected chi connectivity index (χ3v) is 6.82. The maximum Gasteiger partial charge on any atom is 0.259 e. The van der Waals surface area contributed by atoms with E-state index < -0.39 is 15.9 Å². The highest BCUT2D eigenvalue weighted by Gasteiger charge is 2.29. The Bertz CT molecular complexity index is 982. The summed E-state index contributed by atoms with van der Waals surface area (Å²) in [6, 6.07) is 9.89. The van der Waals surface area contributed by atoms with Crippen LogP contribution >= 0.6 is 0 Å². The first-order chi connectivity index (χ1) is 13.4. The minimum Gasteiger partial charge on any atom is -0.493 e. The minimum absolute atomic E-state index is 0.213. The van der Waals surface area contributed by atoms with Gasteiger partial charge in [-0.05, 0) is 49.6 Å². The molecule has 0 radical (unpaired) electrons. The van der Waals surface area contributed by atoms with Gasteiger partial charge in [0.05, 0.1) is 24.7 Å². The van der Waals surface area contributed by atoms with Crippen molar-refractivity contribution in [1.29, 1.82) is 0 Å². The number of hydrogen-bond acceptors (Lipinski definition) is 5. The van der Waals surface area contributed by atoms with Crippen molar-refractivity contribution in [3.63, 3.8) is 0 Å². The van der Waals surface area contributed by atoms with E-state index in [4.69, 9.17) is 9.47 Å². The van der Waals surface area contributed by atoms with Crippen LogP contribution in [0.15, 0.2) is 41.3 Å². The SMILES string of the molecule is COc1cccc(C(=O)Nc2ccc(C)c(S(=O)(=O)N3CCCC3)c2)c1OC. The van der Waals surface area contributed by atoms with Gasteiger partial charge in [0.15, 0.2) is 11.5 Å². The Hall–Kier alpha value is -2.58. The largest absolute Gasteiger partial charge is 0.493 e. The summed E-state index contributed by atoms with van der Waals surface area (Å²) in [6.45, 7) is 2.80. The van der Waals surface area contributed by atoms with Crippen molar-refractivity contribution in [2.75, 3.05) is 32.6 Å². The predicted octanol–water partition coefficient (Wildman–Crippen LogP) is 3.05. The summed E-state index contributed by atoms with van der Waals surface area (Å²) in [6.07, 6.45) is 1.73. The monoisotopic (exact) mass is 404 g/mol. The summed E-state index contributed by atoms with van der Waals surface area (Å²) in [5, 5.41) is 2.76. The molecule has 1 heterocycles. The molecule has 0 bridgehead atoms. The van der Waals surface area contributed by atoms with Crippen molar-refractivity contribution in [2.24, 2.45) is 0 Å². The first-order valence-corrected chi connectivity index (χ1v) is 10.5. The molecule has 0 aliphatic carbocycles. The molecule has 0 unspecified atom stereocenters. The van der Waals surface area contributed by atoms with Crippen LogP contribution in [0.3, 0.4) is 0 Å². The maximum absolute atomic E-state index is 12.9. The van der Waals surface area contributed by atoms with Crippen molar-refractivity contribution in [2.45, 2.75) is 24.7 Å². The highest BCUT2D eigenvalue weighted by Crippen LogP contribution is 2.32. The number of methoxy groups -OCH3 is 2. The molecular formula is C20H24N2O5S. The highest BCUT2D eigenvalue weighted by molar-refractivity contribution is 7.89. The molecule has 1 N–H and O–H groups in total. The van der Waals surface area contributed by atoms with Crippen molar-refractivity contribution < 1.29 is 22.7 Å². The molecule has 1 saturated heterocycles. The highest BCUT2D eigenvalue weighted by atomic mass is 32.2. The van der Waals surface area contributed by atoms with Crippen LogP contribution < -0.4 is 14.8 Å². The number of rotatable bonds is 6. The Balaban J connectivity index is 1.91. The molecule has 2 aromatic rings. The summed E-state index contributed by atoms with van der Waals surface area (Å²) < 4.78 is 37.9. The molecule has 7 nitrogen and oxygen atoms in total. The van der Waals surface area contributed by atoms with Crippen molar-refractivity contribution in [3.05, 3.63) is 47.5 Å². The molecule has 2 aromatic carbocycles. The lowest BCUT2D eigenvalue weighted by Gasteiger charge is -2.18. The lowest BCUT2D eigenvalue weighted by Crippen LogP contribution is -2.28. The zero-order valence-electron chi connectivity index (χ0n) is 16.2. The molecule has 1 aliphatic rings. The van der Waals surface area contributed by atoms with Crippen molar-refractivity contribution in [1.82, 2.24) is 4.31 Å². The number of carbonyl (C=O) groups is 1. The van der Waals surface area contributed by atoms with E-state index in [2.05, 4.69) is 5.32 Å².